The first kappa shape index (κ1) is 18.5. The fourth-order valence-corrected chi connectivity index (χ4v) is 4.01. The SMILES string of the molecule is CN(CCCc1cc(-c2ccccc2)no1)C(=O)CC1CCc2ccccc21. The van der Waals surface area contributed by atoms with Crippen molar-refractivity contribution in [2.75, 3.05) is 13.6 Å². The summed E-state index contributed by atoms with van der Waals surface area (Å²) >= 11 is 0. The van der Waals surface area contributed by atoms with Crippen molar-refractivity contribution in [1.82, 2.24) is 10.1 Å². The van der Waals surface area contributed by atoms with Gasteiger partial charge in [0.25, 0.3) is 0 Å². The van der Waals surface area contributed by atoms with Gasteiger partial charge in [0.15, 0.2) is 0 Å². The van der Waals surface area contributed by atoms with E-state index in [1.165, 1.54) is 11.1 Å². The van der Waals surface area contributed by atoms with Crippen molar-refractivity contribution in [2.24, 2.45) is 0 Å². The van der Waals surface area contributed by atoms with Crippen LogP contribution in [0.25, 0.3) is 11.3 Å². The highest BCUT2D eigenvalue weighted by atomic mass is 16.5. The Bertz CT molecular complexity index is 933. The summed E-state index contributed by atoms with van der Waals surface area (Å²) < 4.78 is 5.45. The van der Waals surface area contributed by atoms with Crippen LogP contribution in [0.1, 0.15) is 42.1 Å². The lowest BCUT2D eigenvalue weighted by Gasteiger charge is -2.19. The Morgan fingerprint density at radius 2 is 1.93 bits per heavy atom. The molecule has 1 heterocycles. The first-order chi connectivity index (χ1) is 13.7. The van der Waals surface area contributed by atoms with Gasteiger partial charge in [-0.1, -0.05) is 59.8 Å². The number of aromatic nitrogens is 1. The summed E-state index contributed by atoms with van der Waals surface area (Å²) in [7, 11) is 1.90. The van der Waals surface area contributed by atoms with Crippen LogP contribution < -0.4 is 0 Å². The maximum Gasteiger partial charge on any atom is 0.222 e. The minimum absolute atomic E-state index is 0.226. The molecule has 0 radical (unpaired) electrons. The summed E-state index contributed by atoms with van der Waals surface area (Å²) in [5, 5.41) is 4.15. The molecule has 1 aliphatic rings. The second-order valence-corrected chi connectivity index (χ2v) is 7.60. The average molecular weight is 374 g/mol. The Morgan fingerprint density at radius 1 is 1.14 bits per heavy atom. The molecule has 1 aliphatic carbocycles. The largest absolute Gasteiger partial charge is 0.361 e. The predicted molar refractivity (Wildman–Crippen MR) is 110 cm³/mol. The van der Waals surface area contributed by atoms with E-state index in [2.05, 4.69) is 29.4 Å². The lowest BCUT2D eigenvalue weighted by Crippen LogP contribution is -2.29. The standard InChI is InChI=1S/C24H26N2O2/c1-26(24(27)16-20-14-13-18-8-5-6-12-22(18)20)15-7-11-21-17-23(25-28-21)19-9-3-2-4-10-19/h2-6,8-10,12,17,20H,7,11,13-16H2,1H3. The van der Waals surface area contributed by atoms with E-state index in [0.717, 1.165) is 49.2 Å². The quantitative estimate of drug-likeness (QED) is 0.594. The average Bonchev–Trinajstić information content (AvgIpc) is 3.36. The lowest BCUT2D eigenvalue weighted by molar-refractivity contribution is -0.130. The van der Waals surface area contributed by atoms with E-state index in [0.29, 0.717) is 12.3 Å². The first-order valence-electron chi connectivity index (χ1n) is 10.0. The minimum atomic E-state index is 0.226. The van der Waals surface area contributed by atoms with Crippen molar-refractivity contribution in [3.8, 4) is 11.3 Å². The number of benzene rings is 2. The van der Waals surface area contributed by atoms with Gasteiger partial charge in [-0.25, -0.2) is 0 Å². The van der Waals surface area contributed by atoms with Gasteiger partial charge >= 0.3 is 0 Å². The van der Waals surface area contributed by atoms with Crippen LogP contribution in [-0.2, 0) is 17.6 Å². The van der Waals surface area contributed by atoms with Crippen LogP contribution in [0.5, 0.6) is 0 Å². The molecule has 1 atom stereocenters. The van der Waals surface area contributed by atoms with Crippen LogP contribution in [0.15, 0.2) is 65.2 Å². The van der Waals surface area contributed by atoms with Crippen molar-refractivity contribution >= 4 is 5.91 Å². The lowest BCUT2D eigenvalue weighted by atomic mass is 9.97. The number of hydrogen-bond donors (Lipinski definition) is 0. The molecule has 1 unspecified atom stereocenters. The van der Waals surface area contributed by atoms with Crippen LogP contribution in [0, 0.1) is 0 Å². The van der Waals surface area contributed by atoms with E-state index < -0.39 is 0 Å². The van der Waals surface area contributed by atoms with Gasteiger partial charge in [0, 0.05) is 38.1 Å². The number of nitrogens with zero attached hydrogens (tertiary/aromatic N) is 2. The highest BCUT2D eigenvalue weighted by molar-refractivity contribution is 5.77. The van der Waals surface area contributed by atoms with E-state index in [1.54, 1.807) is 0 Å². The Hall–Kier alpha value is -2.88. The first-order valence-corrected chi connectivity index (χ1v) is 10.0. The normalized spacial score (nSPS) is 15.4. The van der Waals surface area contributed by atoms with Gasteiger partial charge in [-0.15, -0.1) is 0 Å². The molecule has 1 amide bonds. The van der Waals surface area contributed by atoms with Crippen molar-refractivity contribution in [1.29, 1.82) is 0 Å². The summed E-state index contributed by atoms with van der Waals surface area (Å²) in [5.41, 5.74) is 4.68. The molecular weight excluding hydrogens is 348 g/mol. The zero-order chi connectivity index (χ0) is 19.3. The highest BCUT2D eigenvalue weighted by Gasteiger charge is 2.25. The van der Waals surface area contributed by atoms with Crippen LogP contribution in [-0.4, -0.2) is 29.6 Å². The van der Waals surface area contributed by atoms with E-state index in [1.807, 2.05) is 48.3 Å². The molecular formula is C24H26N2O2. The van der Waals surface area contributed by atoms with Crippen molar-refractivity contribution in [2.45, 2.75) is 38.0 Å². The smallest absolute Gasteiger partial charge is 0.222 e. The maximum atomic E-state index is 12.6. The molecule has 144 valence electrons. The van der Waals surface area contributed by atoms with E-state index in [9.17, 15) is 4.79 Å². The predicted octanol–water partition coefficient (Wildman–Crippen LogP) is 4.85. The zero-order valence-corrected chi connectivity index (χ0v) is 16.3. The van der Waals surface area contributed by atoms with Gasteiger partial charge < -0.3 is 9.42 Å². The third kappa shape index (κ3) is 4.16. The van der Waals surface area contributed by atoms with Crippen LogP contribution >= 0.6 is 0 Å². The Morgan fingerprint density at radius 3 is 2.79 bits per heavy atom. The molecule has 2 aromatic carbocycles. The third-order valence-electron chi connectivity index (χ3n) is 5.65. The minimum Gasteiger partial charge on any atom is -0.361 e. The number of rotatable bonds is 7. The number of carbonyl (C=O) groups is 1. The molecule has 4 heteroatoms. The number of hydrogen-bond acceptors (Lipinski definition) is 3. The zero-order valence-electron chi connectivity index (χ0n) is 16.3. The summed E-state index contributed by atoms with van der Waals surface area (Å²) in [4.78, 5) is 14.5. The number of aryl methyl sites for hydroxylation is 2. The molecule has 0 spiro atoms. The molecule has 28 heavy (non-hydrogen) atoms. The molecule has 3 aromatic rings. The van der Waals surface area contributed by atoms with Gasteiger partial charge in [-0.2, -0.15) is 0 Å². The molecule has 0 aliphatic heterocycles. The van der Waals surface area contributed by atoms with Crippen molar-refractivity contribution in [3.05, 3.63) is 77.6 Å². The molecule has 0 saturated carbocycles. The second kappa shape index (κ2) is 8.42. The molecule has 0 saturated heterocycles. The number of amides is 1. The van der Waals surface area contributed by atoms with E-state index in [-0.39, 0.29) is 5.91 Å². The van der Waals surface area contributed by atoms with Gasteiger partial charge in [0.1, 0.15) is 11.5 Å². The fourth-order valence-electron chi connectivity index (χ4n) is 4.01. The number of fused-ring (bicyclic) bond motifs is 1. The topological polar surface area (TPSA) is 46.3 Å². The monoisotopic (exact) mass is 374 g/mol. The van der Waals surface area contributed by atoms with E-state index in [4.69, 9.17) is 4.52 Å². The van der Waals surface area contributed by atoms with Crippen molar-refractivity contribution < 1.29 is 9.32 Å². The fraction of sp³-hybridized carbons (Fsp3) is 0.333. The molecule has 0 fully saturated rings. The Balaban J connectivity index is 1.25. The summed E-state index contributed by atoms with van der Waals surface area (Å²) in [6.45, 7) is 0.731. The van der Waals surface area contributed by atoms with Crippen molar-refractivity contribution in [3.63, 3.8) is 0 Å². The molecule has 4 nitrogen and oxygen atoms in total. The van der Waals surface area contributed by atoms with Crippen LogP contribution in [0.4, 0.5) is 0 Å². The van der Waals surface area contributed by atoms with Crippen LogP contribution in [0.2, 0.25) is 0 Å². The third-order valence-corrected chi connectivity index (χ3v) is 5.65. The number of carbonyl (C=O) groups excluding carboxylic acids is 1. The van der Waals surface area contributed by atoms with Gasteiger partial charge in [0.05, 0.1) is 0 Å². The molecule has 4 rings (SSSR count). The summed E-state index contributed by atoms with van der Waals surface area (Å²) in [6, 6.07) is 20.5. The van der Waals surface area contributed by atoms with Crippen LogP contribution in [0.3, 0.4) is 0 Å². The van der Waals surface area contributed by atoms with E-state index >= 15 is 0 Å². The van der Waals surface area contributed by atoms with Gasteiger partial charge in [-0.05, 0) is 36.3 Å². The maximum absolute atomic E-state index is 12.6. The second-order valence-electron chi connectivity index (χ2n) is 7.60. The van der Waals surface area contributed by atoms with Gasteiger partial charge in [0.2, 0.25) is 5.91 Å². The van der Waals surface area contributed by atoms with Gasteiger partial charge in [-0.3, -0.25) is 4.79 Å². The summed E-state index contributed by atoms with van der Waals surface area (Å²) in [5.74, 6) is 1.46. The molecule has 0 bridgehead atoms. The molecule has 1 aromatic heterocycles. The highest BCUT2D eigenvalue weighted by Crippen LogP contribution is 2.35. The molecule has 0 N–H and O–H groups in total. The summed E-state index contributed by atoms with van der Waals surface area (Å²) in [6.07, 6.45) is 4.43. The Kier molecular flexibility index (Phi) is 5.56. The Labute approximate surface area is 166 Å².